The average molecular weight is 389 g/mol. The smallest absolute Gasteiger partial charge is 0.254 e. The second-order valence-electron chi connectivity index (χ2n) is 9.27. The minimum atomic E-state index is 0.160. The number of piperidine rings is 3. The molecule has 4 atom stereocenters. The molecule has 5 heteroatoms. The highest BCUT2D eigenvalue weighted by atomic mass is 16.2. The lowest BCUT2D eigenvalue weighted by molar-refractivity contribution is 0.00148. The quantitative estimate of drug-likeness (QED) is 0.700. The largest absolute Gasteiger partial charge is 0.332 e. The van der Waals surface area contributed by atoms with Gasteiger partial charge in [0.2, 0.25) is 0 Å². The molecule has 2 bridgehead atoms. The van der Waals surface area contributed by atoms with E-state index in [1.54, 1.807) is 12.4 Å². The van der Waals surface area contributed by atoms with Crippen molar-refractivity contribution in [1.82, 2.24) is 19.8 Å². The third-order valence-corrected chi connectivity index (χ3v) is 7.63. The highest BCUT2D eigenvalue weighted by Gasteiger charge is 2.46. The predicted molar refractivity (Wildman–Crippen MR) is 112 cm³/mol. The van der Waals surface area contributed by atoms with Gasteiger partial charge in [0.1, 0.15) is 0 Å². The molecule has 0 radical (unpaired) electrons. The summed E-state index contributed by atoms with van der Waals surface area (Å²) >= 11 is 0. The van der Waals surface area contributed by atoms with Crippen LogP contribution in [0.1, 0.15) is 48.9 Å². The molecule has 1 aromatic heterocycles. The summed E-state index contributed by atoms with van der Waals surface area (Å²) in [4.78, 5) is 27.2. The van der Waals surface area contributed by atoms with Crippen LogP contribution in [-0.2, 0) is 0 Å². The van der Waals surface area contributed by atoms with Crippen LogP contribution >= 0.6 is 0 Å². The Hall–Kier alpha value is -2.27. The summed E-state index contributed by atoms with van der Waals surface area (Å²) < 4.78 is 0. The number of rotatable bonds is 1. The first-order chi connectivity index (χ1) is 14.3. The number of amides is 1. The van der Waals surface area contributed by atoms with E-state index in [4.69, 9.17) is 0 Å². The highest BCUT2D eigenvalue weighted by molar-refractivity contribution is 5.97. The second-order valence-corrected chi connectivity index (χ2v) is 9.27. The topological polar surface area (TPSA) is 49.3 Å². The van der Waals surface area contributed by atoms with Gasteiger partial charge in [0, 0.05) is 37.1 Å². The van der Waals surface area contributed by atoms with E-state index in [9.17, 15) is 4.79 Å². The maximum absolute atomic E-state index is 13.6. The van der Waals surface area contributed by atoms with Gasteiger partial charge in [-0.15, -0.1) is 0 Å². The summed E-state index contributed by atoms with van der Waals surface area (Å²) in [6, 6.07) is 6.79. The summed E-state index contributed by atoms with van der Waals surface area (Å²) in [5, 5.41) is 0. The normalized spacial score (nSPS) is 31.7. The van der Waals surface area contributed by atoms with Crippen molar-refractivity contribution in [3.05, 3.63) is 47.8 Å². The van der Waals surface area contributed by atoms with Crippen LogP contribution in [0.15, 0.2) is 42.2 Å². The van der Waals surface area contributed by atoms with Gasteiger partial charge in [0.15, 0.2) is 0 Å². The van der Waals surface area contributed by atoms with E-state index in [1.165, 1.54) is 37.8 Å². The van der Waals surface area contributed by atoms with Crippen LogP contribution in [0.2, 0.25) is 0 Å². The minimum absolute atomic E-state index is 0.160. The van der Waals surface area contributed by atoms with Gasteiger partial charge in [0.05, 0.1) is 17.1 Å². The van der Waals surface area contributed by atoms with Gasteiger partial charge in [0.25, 0.3) is 5.91 Å². The van der Waals surface area contributed by atoms with Crippen LogP contribution in [0.4, 0.5) is 0 Å². The summed E-state index contributed by atoms with van der Waals surface area (Å²) in [6.07, 6.45) is 13.5. The molecular weight excluding hydrogens is 360 g/mol. The van der Waals surface area contributed by atoms with Crippen molar-refractivity contribution >= 4 is 16.9 Å². The Morgan fingerprint density at radius 1 is 1.03 bits per heavy atom. The Labute approximate surface area is 171 Å². The maximum atomic E-state index is 13.6. The lowest BCUT2D eigenvalue weighted by atomic mass is 9.68. The van der Waals surface area contributed by atoms with E-state index in [1.807, 2.05) is 18.2 Å². The number of carbonyl (C=O) groups excluding carboxylic acids is 1. The molecule has 3 saturated heterocycles. The van der Waals surface area contributed by atoms with Gasteiger partial charge in [-0.05, 0) is 68.7 Å². The van der Waals surface area contributed by atoms with Crippen molar-refractivity contribution < 1.29 is 4.79 Å². The zero-order chi connectivity index (χ0) is 19.4. The fourth-order valence-corrected chi connectivity index (χ4v) is 6.46. The SMILES string of the molecule is O=C(c1ccc2nccnc2c1)N1CCCC2=CC3CC(CN4CCCC[C@H]34)[C@@H]21. The molecule has 2 aromatic rings. The first kappa shape index (κ1) is 17.6. The number of hydrogen-bond donors (Lipinski definition) is 0. The number of aromatic nitrogens is 2. The molecule has 0 saturated carbocycles. The van der Waals surface area contributed by atoms with E-state index < -0.39 is 0 Å². The second kappa shape index (κ2) is 6.91. The fraction of sp³-hybridized carbons (Fsp3) is 0.542. The van der Waals surface area contributed by atoms with Crippen LogP contribution in [-0.4, -0.2) is 57.4 Å². The van der Waals surface area contributed by atoms with Crippen LogP contribution in [0, 0.1) is 11.8 Å². The molecule has 4 aliphatic rings. The highest BCUT2D eigenvalue weighted by Crippen LogP contribution is 2.45. The van der Waals surface area contributed by atoms with Crippen molar-refractivity contribution in [3.63, 3.8) is 0 Å². The number of likely N-dealkylation sites (tertiary alicyclic amines) is 1. The van der Waals surface area contributed by atoms with E-state index >= 15 is 0 Å². The van der Waals surface area contributed by atoms with Crippen LogP contribution in [0.3, 0.4) is 0 Å². The molecule has 0 spiro atoms. The number of fused-ring (bicyclic) bond motifs is 7. The third-order valence-electron chi connectivity index (χ3n) is 7.63. The van der Waals surface area contributed by atoms with Crippen LogP contribution in [0.25, 0.3) is 11.0 Å². The molecule has 5 nitrogen and oxygen atoms in total. The molecule has 1 amide bonds. The molecule has 150 valence electrons. The Bertz CT molecular complexity index is 986. The maximum Gasteiger partial charge on any atom is 0.254 e. The fourth-order valence-electron chi connectivity index (χ4n) is 6.46. The standard InChI is InChI=1S/C24H28N4O/c29-24(17-6-7-20-21(14-17)26-9-8-25-20)28-11-3-4-16-12-18-13-19(23(16)28)15-27-10-2-1-5-22(18)27/h6-9,12,14,18-19,22-23H,1-5,10-11,13,15H2/t18?,19?,22-,23-/m1/s1. The molecule has 3 aliphatic heterocycles. The summed E-state index contributed by atoms with van der Waals surface area (Å²) in [5.74, 6) is 1.44. The van der Waals surface area contributed by atoms with Gasteiger partial charge < -0.3 is 4.90 Å². The van der Waals surface area contributed by atoms with E-state index in [0.29, 0.717) is 11.8 Å². The molecule has 2 unspecified atom stereocenters. The molecular formula is C24H28N4O. The first-order valence-electron chi connectivity index (χ1n) is 11.2. The monoisotopic (exact) mass is 388 g/mol. The van der Waals surface area contributed by atoms with E-state index in [0.717, 1.165) is 48.6 Å². The van der Waals surface area contributed by atoms with E-state index in [2.05, 4.69) is 25.8 Å². The average Bonchev–Trinajstić information content (AvgIpc) is 2.78. The summed E-state index contributed by atoms with van der Waals surface area (Å²) in [5.41, 5.74) is 3.92. The number of nitrogens with zero attached hydrogens (tertiary/aromatic N) is 4. The number of hydrogen-bond acceptors (Lipinski definition) is 4. The van der Waals surface area contributed by atoms with Crippen molar-refractivity contribution in [2.24, 2.45) is 11.8 Å². The van der Waals surface area contributed by atoms with Crippen molar-refractivity contribution in [2.45, 2.75) is 50.6 Å². The van der Waals surface area contributed by atoms with Gasteiger partial charge in [-0.3, -0.25) is 19.7 Å². The number of benzene rings is 1. The molecule has 4 heterocycles. The van der Waals surface area contributed by atoms with Gasteiger partial charge >= 0.3 is 0 Å². The zero-order valence-corrected chi connectivity index (χ0v) is 16.8. The third kappa shape index (κ3) is 2.90. The van der Waals surface area contributed by atoms with Crippen LogP contribution < -0.4 is 0 Å². The predicted octanol–water partition coefficient (Wildman–Crippen LogP) is 3.67. The van der Waals surface area contributed by atoms with Crippen molar-refractivity contribution in [3.8, 4) is 0 Å². The van der Waals surface area contributed by atoms with Crippen LogP contribution in [0.5, 0.6) is 0 Å². The lowest BCUT2D eigenvalue weighted by Gasteiger charge is -2.54. The van der Waals surface area contributed by atoms with Crippen molar-refractivity contribution in [2.75, 3.05) is 19.6 Å². The molecule has 1 aromatic carbocycles. The first-order valence-corrected chi connectivity index (χ1v) is 11.2. The Balaban J connectivity index is 1.33. The van der Waals surface area contributed by atoms with Gasteiger partial charge in [-0.2, -0.15) is 0 Å². The van der Waals surface area contributed by atoms with E-state index in [-0.39, 0.29) is 11.9 Å². The molecule has 29 heavy (non-hydrogen) atoms. The Morgan fingerprint density at radius 2 is 1.93 bits per heavy atom. The lowest BCUT2D eigenvalue weighted by Crippen LogP contribution is -2.60. The minimum Gasteiger partial charge on any atom is -0.332 e. The van der Waals surface area contributed by atoms with Gasteiger partial charge in [-0.25, -0.2) is 0 Å². The van der Waals surface area contributed by atoms with Gasteiger partial charge in [-0.1, -0.05) is 18.1 Å². The summed E-state index contributed by atoms with van der Waals surface area (Å²) in [7, 11) is 0. The molecule has 1 aliphatic carbocycles. The van der Waals surface area contributed by atoms with Crippen molar-refractivity contribution in [1.29, 1.82) is 0 Å². The molecule has 6 rings (SSSR count). The summed E-state index contributed by atoms with van der Waals surface area (Å²) in [6.45, 7) is 3.27. The number of carbonyl (C=O) groups is 1. The Morgan fingerprint density at radius 3 is 2.86 bits per heavy atom. The zero-order valence-electron chi connectivity index (χ0n) is 16.8. The Kier molecular flexibility index (Phi) is 4.19. The molecule has 0 N–H and O–H groups in total. The molecule has 3 fully saturated rings.